The lowest BCUT2D eigenvalue weighted by atomic mass is 10.3. The number of hydrogen-bond acceptors (Lipinski definition) is 5. The normalized spacial score (nSPS) is 9.89. The molecule has 2 N–H and O–H groups in total. The predicted octanol–water partition coefficient (Wildman–Crippen LogP) is -1.30. The van der Waals surface area contributed by atoms with Gasteiger partial charge in [-0.3, -0.25) is 19.4 Å². The Morgan fingerprint density at radius 2 is 2.06 bits per heavy atom. The molecule has 0 aromatic carbocycles. The molecule has 0 aliphatic heterocycles. The number of rotatable bonds is 4. The van der Waals surface area contributed by atoms with E-state index in [9.17, 15) is 19.2 Å². The summed E-state index contributed by atoms with van der Waals surface area (Å²) in [5.41, 5.74) is -1.76. The zero-order chi connectivity index (χ0) is 13.7. The van der Waals surface area contributed by atoms with Crippen molar-refractivity contribution in [1.82, 2.24) is 14.9 Å². The van der Waals surface area contributed by atoms with Crippen LogP contribution in [0.3, 0.4) is 0 Å². The van der Waals surface area contributed by atoms with Gasteiger partial charge in [0.2, 0.25) is 0 Å². The predicted molar refractivity (Wildman–Crippen MR) is 61.3 cm³/mol. The summed E-state index contributed by atoms with van der Waals surface area (Å²) in [6.07, 6.45) is 1.01. The average molecular weight is 255 g/mol. The second-order valence-electron chi connectivity index (χ2n) is 3.45. The smallest absolute Gasteiger partial charge is 0.325 e. The van der Waals surface area contributed by atoms with Crippen LogP contribution in [0.15, 0.2) is 15.8 Å². The number of nitrogens with zero attached hydrogens (tertiary/aromatic N) is 1. The van der Waals surface area contributed by atoms with Gasteiger partial charge >= 0.3 is 11.7 Å². The van der Waals surface area contributed by atoms with Gasteiger partial charge in [0.15, 0.2) is 0 Å². The monoisotopic (exact) mass is 255 g/mol. The third-order valence-corrected chi connectivity index (χ3v) is 2.07. The number of nitrogens with one attached hydrogen (secondary N) is 2. The molecule has 0 aliphatic rings. The first-order chi connectivity index (χ1) is 8.45. The molecule has 0 radical (unpaired) electrons. The summed E-state index contributed by atoms with van der Waals surface area (Å²) in [5, 5.41) is 0. The van der Waals surface area contributed by atoms with Gasteiger partial charge in [-0.1, -0.05) is 0 Å². The molecule has 0 unspecified atom stereocenters. The molecule has 0 fully saturated rings. The minimum absolute atomic E-state index is 0.208. The minimum Gasteiger partial charge on any atom is -0.465 e. The Kier molecular flexibility index (Phi) is 4.41. The van der Waals surface area contributed by atoms with Crippen molar-refractivity contribution in [2.75, 3.05) is 20.2 Å². The third-order valence-electron chi connectivity index (χ3n) is 2.07. The lowest BCUT2D eigenvalue weighted by Gasteiger charge is -2.15. The second kappa shape index (κ2) is 5.80. The second-order valence-corrected chi connectivity index (χ2v) is 3.45. The van der Waals surface area contributed by atoms with Crippen LogP contribution in [-0.4, -0.2) is 46.9 Å². The maximum Gasteiger partial charge on any atom is 0.325 e. The highest BCUT2D eigenvalue weighted by Gasteiger charge is 2.18. The highest BCUT2D eigenvalue weighted by atomic mass is 16.5. The molecular formula is C10H13N3O5. The lowest BCUT2D eigenvalue weighted by Crippen LogP contribution is -2.37. The minimum atomic E-state index is -0.806. The standard InChI is InChI=1S/C10H13N3O5/c1-3-18-7(14)5-13(2)9(16)6-4-11-10(17)12-8(6)15/h4H,3,5H2,1-2H3,(H2,11,12,15,17). The van der Waals surface area contributed by atoms with Gasteiger partial charge in [0.1, 0.15) is 12.1 Å². The Morgan fingerprint density at radius 1 is 1.39 bits per heavy atom. The summed E-state index contributed by atoms with van der Waals surface area (Å²) in [6.45, 7) is 1.58. The van der Waals surface area contributed by atoms with E-state index in [4.69, 9.17) is 0 Å². The average Bonchev–Trinajstić information content (AvgIpc) is 2.28. The number of aromatic amines is 2. The van der Waals surface area contributed by atoms with E-state index in [1.165, 1.54) is 7.05 Å². The summed E-state index contributed by atoms with van der Waals surface area (Å²) >= 11 is 0. The van der Waals surface area contributed by atoms with Gasteiger partial charge in [0.25, 0.3) is 11.5 Å². The van der Waals surface area contributed by atoms with E-state index >= 15 is 0 Å². The number of carbonyl (C=O) groups is 2. The SMILES string of the molecule is CCOC(=O)CN(C)C(=O)c1c[nH]c(=O)[nH]c1=O. The fourth-order valence-corrected chi connectivity index (χ4v) is 1.25. The van der Waals surface area contributed by atoms with Crippen molar-refractivity contribution in [3.8, 4) is 0 Å². The van der Waals surface area contributed by atoms with Crippen LogP contribution in [0.1, 0.15) is 17.3 Å². The van der Waals surface area contributed by atoms with Gasteiger partial charge < -0.3 is 14.6 Å². The van der Waals surface area contributed by atoms with Gasteiger partial charge in [-0.2, -0.15) is 0 Å². The Hall–Kier alpha value is -2.38. The number of hydrogen-bond donors (Lipinski definition) is 2. The Morgan fingerprint density at radius 3 is 2.61 bits per heavy atom. The highest BCUT2D eigenvalue weighted by molar-refractivity contribution is 5.95. The van der Waals surface area contributed by atoms with Gasteiger partial charge in [0, 0.05) is 13.2 Å². The summed E-state index contributed by atoms with van der Waals surface area (Å²) in [6, 6.07) is 0. The molecule has 0 bridgehead atoms. The van der Waals surface area contributed by atoms with E-state index in [1.807, 2.05) is 4.98 Å². The summed E-state index contributed by atoms with van der Waals surface area (Å²) in [4.78, 5) is 50.2. The molecule has 0 aliphatic carbocycles. The van der Waals surface area contributed by atoms with Crippen LogP contribution in [0, 0.1) is 0 Å². The number of ether oxygens (including phenoxy) is 1. The van der Waals surface area contributed by atoms with Crippen LogP contribution in [-0.2, 0) is 9.53 Å². The van der Waals surface area contributed by atoms with Crippen LogP contribution in [0.4, 0.5) is 0 Å². The van der Waals surface area contributed by atoms with E-state index in [0.29, 0.717) is 0 Å². The summed E-state index contributed by atoms with van der Waals surface area (Å²) in [7, 11) is 1.35. The van der Waals surface area contributed by atoms with Crippen LogP contribution in [0.2, 0.25) is 0 Å². The fraction of sp³-hybridized carbons (Fsp3) is 0.400. The Balaban J connectivity index is 2.84. The van der Waals surface area contributed by atoms with Crippen molar-refractivity contribution < 1.29 is 14.3 Å². The van der Waals surface area contributed by atoms with Crippen molar-refractivity contribution in [2.45, 2.75) is 6.92 Å². The van der Waals surface area contributed by atoms with E-state index in [-0.39, 0.29) is 18.7 Å². The molecule has 1 heterocycles. The Labute approximate surface area is 102 Å². The fourth-order valence-electron chi connectivity index (χ4n) is 1.25. The molecule has 1 aromatic heterocycles. The molecule has 1 rings (SSSR count). The molecule has 8 nitrogen and oxygen atoms in total. The molecule has 18 heavy (non-hydrogen) atoms. The molecule has 98 valence electrons. The third kappa shape index (κ3) is 3.30. The van der Waals surface area contributed by atoms with Crippen molar-refractivity contribution in [1.29, 1.82) is 0 Å². The molecule has 8 heteroatoms. The molecule has 0 saturated heterocycles. The van der Waals surface area contributed by atoms with Crippen molar-refractivity contribution in [2.24, 2.45) is 0 Å². The van der Waals surface area contributed by atoms with Gasteiger partial charge in [-0.25, -0.2) is 4.79 Å². The first-order valence-electron chi connectivity index (χ1n) is 5.18. The van der Waals surface area contributed by atoms with Crippen molar-refractivity contribution in [3.05, 3.63) is 32.6 Å². The number of esters is 1. The largest absolute Gasteiger partial charge is 0.465 e. The van der Waals surface area contributed by atoms with Gasteiger partial charge in [-0.15, -0.1) is 0 Å². The van der Waals surface area contributed by atoms with Crippen LogP contribution in [0.5, 0.6) is 0 Å². The highest BCUT2D eigenvalue weighted by Crippen LogP contribution is 1.95. The van der Waals surface area contributed by atoms with E-state index in [1.54, 1.807) is 6.92 Å². The molecule has 0 saturated carbocycles. The van der Waals surface area contributed by atoms with E-state index < -0.39 is 23.1 Å². The van der Waals surface area contributed by atoms with Gasteiger partial charge in [0.05, 0.1) is 6.61 Å². The quantitative estimate of drug-likeness (QED) is 0.649. The Bertz CT molecular complexity index is 559. The van der Waals surface area contributed by atoms with Crippen molar-refractivity contribution in [3.63, 3.8) is 0 Å². The zero-order valence-electron chi connectivity index (χ0n) is 9.98. The maximum absolute atomic E-state index is 11.8. The molecule has 0 atom stereocenters. The summed E-state index contributed by atoms with van der Waals surface area (Å²) < 4.78 is 4.67. The zero-order valence-corrected chi connectivity index (χ0v) is 9.98. The molecule has 1 amide bonds. The molecule has 0 spiro atoms. The number of carbonyl (C=O) groups excluding carboxylic acids is 2. The maximum atomic E-state index is 11.8. The van der Waals surface area contributed by atoms with Crippen LogP contribution < -0.4 is 11.2 Å². The number of amides is 1. The number of likely N-dealkylation sites (N-methyl/N-ethyl adjacent to an activating group) is 1. The van der Waals surface area contributed by atoms with Crippen molar-refractivity contribution >= 4 is 11.9 Å². The molecular weight excluding hydrogens is 242 g/mol. The first-order valence-corrected chi connectivity index (χ1v) is 5.18. The van der Waals surface area contributed by atoms with E-state index in [0.717, 1.165) is 11.1 Å². The topological polar surface area (TPSA) is 112 Å². The first kappa shape index (κ1) is 13.7. The van der Waals surface area contributed by atoms with Gasteiger partial charge in [-0.05, 0) is 6.92 Å². The lowest BCUT2D eigenvalue weighted by molar-refractivity contribution is -0.143. The number of H-pyrrole nitrogens is 2. The molecule has 1 aromatic rings. The number of aromatic nitrogens is 2. The van der Waals surface area contributed by atoms with Crippen LogP contribution >= 0.6 is 0 Å². The summed E-state index contributed by atoms with van der Waals surface area (Å²) in [5.74, 6) is -1.25. The van der Waals surface area contributed by atoms with Crippen LogP contribution in [0.25, 0.3) is 0 Å². The van der Waals surface area contributed by atoms with E-state index in [2.05, 4.69) is 9.72 Å².